The summed E-state index contributed by atoms with van der Waals surface area (Å²) in [6.07, 6.45) is 0.875. The summed E-state index contributed by atoms with van der Waals surface area (Å²) in [6, 6.07) is 1.91. The molecule has 18 heavy (non-hydrogen) atoms. The molecule has 7 heteroatoms. The number of likely N-dealkylation sites (N-methyl/N-ethyl adjacent to an activating group) is 1. The first-order valence-electron chi connectivity index (χ1n) is 5.66. The molecule has 3 N–H and O–H groups in total. The molecule has 1 aliphatic rings. The standard InChI is InChI=1S/C11H13N5OS/c1-16-3-2-8-6(5-16)4-7(9(17)13-8)10-14-15-11(12)18-10/h4H,2-3,5H2,1H3,(H2,12,15)(H,13,17). The van der Waals surface area contributed by atoms with E-state index in [2.05, 4.69) is 27.1 Å². The zero-order valence-electron chi connectivity index (χ0n) is 9.93. The predicted octanol–water partition coefficient (Wildman–Crippen LogP) is 0.463. The van der Waals surface area contributed by atoms with Crippen molar-refractivity contribution >= 4 is 16.5 Å². The molecule has 0 amide bonds. The van der Waals surface area contributed by atoms with E-state index in [1.54, 1.807) is 0 Å². The van der Waals surface area contributed by atoms with Gasteiger partial charge in [-0.3, -0.25) is 4.79 Å². The fourth-order valence-corrected chi connectivity index (χ4v) is 2.77. The van der Waals surface area contributed by atoms with Crippen LogP contribution in [0.1, 0.15) is 11.3 Å². The van der Waals surface area contributed by atoms with Gasteiger partial charge >= 0.3 is 0 Å². The first kappa shape index (κ1) is 11.4. The van der Waals surface area contributed by atoms with Gasteiger partial charge in [0.05, 0.1) is 5.56 Å². The van der Waals surface area contributed by atoms with E-state index >= 15 is 0 Å². The average molecular weight is 263 g/mol. The minimum atomic E-state index is -0.116. The summed E-state index contributed by atoms with van der Waals surface area (Å²) < 4.78 is 0. The molecule has 0 spiro atoms. The number of H-pyrrole nitrogens is 1. The molecule has 0 saturated carbocycles. The molecular weight excluding hydrogens is 250 g/mol. The molecule has 6 nitrogen and oxygen atoms in total. The highest BCUT2D eigenvalue weighted by Crippen LogP contribution is 2.24. The van der Waals surface area contributed by atoms with Crippen molar-refractivity contribution in [2.75, 3.05) is 19.3 Å². The fraction of sp³-hybridized carbons (Fsp3) is 0.364. The fourth-order valence-electron chi connectivity index (χ4n) is 2.15. The maximum absolute atomic E-state index is 12.0. The van der Waals surface area contributed by atoms with Crippen LogP contribution in [0.3, 0.4) is 0 Å². The van der Waals surface area contributed by atoms with Crippen LogP contribution >= 0.6 is 11.3 Å². The van der Waals surface area contributed by atoms with Gasteiger partial charge < -0.3 is 15.6 Å². The van der Waals surface area contributed by atoms with Gasteiger partial charge in [-0.05, 0) is 18.7 Å². The van der Waals surface area contributed by atoms with Crippen molar-refractivity contribution in [1.29, 1.82) is 0 Å². The van der Waals surface area contributed by atoms with E-state index in [0.717, 1.165) is 30.8 Å². The Kier molecular flexibility index (Phi) is 2.64. The second-order valence-electron chi connectivity index (χ2n) is 4.45. The molecule has 1 aliphatic heterocycles. The summed E-state index contributed by atoms with van der Waals surface area (Å²) in [7, 11) is 2.07. The minimum Gasteiger partial charge on any atom is -0.374 e. The Bertz CT molecular complexity index is 647. The van der Waals surface area contributed by atoms with E-state index in [4.69, 9.17) is 5.73 Å². The van der Waals surface area contributed by atoms with E-state index in [-0.39, 0.29) is 5.56 Å². The number of hydrogen-bond acceptors (Lipinski definition) is 6. The van der Waals surface area contributed by atoms with Crippen LogP contribution in [0.2, 0.25) is 0 Å². The minimum absolute atomic E-state index is 0.116. The Hall–Kier alpha value is -1.73. The molecule has 0 aliphatic carbocycles. The smallest absolute Gasteiger partial charge is 0.258 e. The molecule has 3 rings (SSSR count). The number of nitrogens with one attached hydrogen (secondary N) is 1. The summed E-state index contributed by atoms with van der Waals surface area (Å²) in [6.45, 7) is 1.81. The first-order valence-corrected chi connectivity index (χ1v) is 6.48. The van der Waals surface area contributed by atoms with Crippen molar-refractivity contribution in [2.45, 2.75) is 13.0 Å². The van der Waals surface area contributed by atoms with Crippen molar-refractivity contribution < 1.29 is 0 Å². The van der Waals surface area contributed by atoms with Crippen LogP contribution in [-0.2, 0) is 13.0 Å². The van der Waals surface area contributed by atoms with Gasteiger partial charge in [0, 0.05) is 25.2 Å². The number of nitrogen functional groups attached to an aromatic ring is 1. The Morgan fingerprint density at radius 3 is 3.06 bits per heavy atom. The zero-order chi connectivity index (χ0) is 12.7. The molecule has 0 radical (unpaired) electrons. The summed E-state index contributed by atoms with van der Waals surface area (Å²) in [4.78, 5) is 17.2. The molecule has 0 aromatic carbocycles. The maximum atomic E-state index is 12.0. The number of aromatic amines is 1. The summed E-state index contributed by atoms with van der Waals surface area (Å²) in [5.74, 6) is 0. The predicted molar refractivity (Wildman–Crippen MR) is 70.4 cm³/mol. The Labute approximate surface area is 107 Å². The summed E-state index contributed by atoms with van der Waals surface area (Å²) in [5.41, 5.74) is 8.16. The summed E-state index contributed by atoms with van der Waals surface area (Å²) >= 11 is 1.23. The largest absolute Gasteiger partial charge is 0.374 e. The topological polar surface area (TPSA) is 87.9 Å². The Morgan fingerprint density at radius 2 is 2.33 bits per heavy atom. The third-order valence-corrected chi connectivity index (χ3v) is 3.86. The third-order valence-electron chi connectivity index (χ3n) is 3.07. The van der Waals surface area contributed by atoms with Gasteiger partial charge in [0.15, 0.2) is 5.01 Å². The third kappa shape index (κ3) is 1.91. The molecular formula is C11H13N5OS. The van der Waals surface area contributed by atoms with Crippen LogP contribution < -0.4 is 11.3 Å². The van der Waals surface area contributed by atoms with Gasteiger partial charge in [-0.15, -0.1) is 10.2 Å². The van der Waals surface area contributed by atoms with Gasteiger partial charge in [0.25, 0.3) is 5.56 Å². The molecule has 2 aromatic rings. The number of fused-ring (bicyclic) bond motifs is 1. The highest BCUT2D eigenvalue weighted by atomic mass is 32.1. The van der Waals surface area contributed by atoms with Crippen molar-refractivity contribution in [3.05, 3.63) is 27.7 Å². The number of nitrogens with two attached hydrogens (primary N) is 1. The lowest BCUT2D eigenvalue weighted by Crippen LogP contribution is -2.29. The van der Waals surface area contributed by atoms with E-state index < -0.39 is 0 Å². The molecule has 0 bridgehead atoms. The quantitative estimate of drug-likeness (QED) is 0.780. The van der Waals surface area contributed by atoms with E-state index in [9.17, 15) is 4.79 Å². The second-order valence-corrected chi connectivity index (χ2v) is 5.46. The molecule has 0 saturated heterocycles. The lowest BCUT2D eigenvalue weighted by Gasteiger charge is -2.24. The van der Waals surface area contributed by atoms with Crippen LogP contribution in [0.15, 0.2) is 10.9 Å². The van der Waals surface area contributed by atoms with E-state index in [1.807, 2.05) is 6.07 Å². The van der Waals surface area contributed by atoms with Crippen LogP contribution in [0.5, 0.6) is 0 Å². The van der Waals surface area contributed by atoms with Crippen LogP contribution in [-0.4, -0.2) is 33.7 Å². The number of hydrogen-bond donors (Lipinski definition) is 2. The Balaban J connectivity index is 2.11. The van der Waals surface area contributed by atoms with Crippen molar-refractivity contribution in [2.24, 2.45) is 0 Å². The molecule has 0 fully saturated rings. The van der Waals surface area contributed by atoms with E-state index in [0.29, 0.717) is 15.7 Å². The van der Waals surface area contributed by atoms with Crippen molar-refractivity contribution in [1.82, 2.24) is 20.1 Å². The van der Waals surface area contributed by atoms with Crippen LogP contribution in [0, 0.1) is 0 Å². The van der Waals surface area contributed by atoms with E-state index in [1.165, 1.54) is 11.3 Å². The SMILES string of the molecule is CN1CCc2[nH]c(=O)c(-c3nnc(N)s3)cc2C1. The lowest BCUT2D eigenvalue weighted by atomic mass is 10.0. The Morgan fingerprint density at radius 1 is 1.50 bits per heavy atom. The molecule has 94 valence electrons. The number of rotatable bonds is 1. The van der Waals surface area contributed by atoms with Gasteiger partial charge in [-0.25, -0.2) is 0 Å². The van der Waals surface area contributed by atoms with Gasteiger partial charge in [0.1, 0.15) is 0 Å². The van der Waals surface area contributed by atoms with Crippen molar-refractivity contribution in [3.63, 3.8) is 0 Å². The van der Waals surface area contributed by atoms with Crippen LogP contribution in [0.4, 0.5) is 5.13 Å². The molecule has 0 unspecified atom stereocenters. The number of aromatic nitrogens is 3. The zero-order valence-corrected chi connectivity index (χ0v) is 10.8. The van der Waals surface area contributed by atoms with Gasteiger partial charge in [0.2, 0.25) is 5.13 Å². The lowest BCUT2D eigenvalue weighted by molar-refractivity contribution is 0.309. The molecule has 3 heterocycles. The molecule has 0 atom stereocenters. The number of pyridine rings is 1. The number of anilines is 1. The summed E-state index contributed by atoms with van der Waals surface area (Å²) in [5, 5.41) is 8.62. The molecule has 2 aromatic heterocycles. The highest BCUT2D eigenvalue weighted by molar-refractivity contribution is 7.18. The monoisotopic (exact) mass is 263 g/mol. The van der Waals surface area contributed by atoms with Crippen molar-refractivity contribution in [3.8, 4) is 10.6 Å². The van der Waals surface area contributed by atoms with Gasteiger partial charge in [-0.2, -0.15) is 0 Å². The normalized spacial score (nSPS) is 15.6. The average Bonchev–Trinajstić information content (AvgIpc) is 2.75. The maximum Gasteiger partial charge on any atom is 0.258 e. The highest BCUT2D eigenvalue weighted by Gasteiger charge is 2.18. The first-order chi connectivity index (χ1) is 8.63. The van der Waals surface area contributed by atoms with Gasteiger partial charge in [-0.1, -0.05) is 11.3 Å². The van der Waals surface area contributed by atoms with Crippen LogP contribution in [0.25, 0.3) is 10.6 Å². The second kappa shape index (κ2) is 4.18. The number of nitrogens with zero attached hydrogens (tertiary/aromatic N) is 3.